The summed E-state index contributed by atoms with van der Waals surface area (Å²) >= 11 is 0. The summed E-state index contributed by atoms with van der Waals surface area (Å²) in [6, 6.07) is 4.97. The van der Waals surface area contributed by atoms with Gasteiger partial charge in [0.2, 0.25) is 5.89 Å². The van der Waals surface area contributed by atoms with Crippen molar-refractivity contribution in [2.45, 2.75) is 38.2 Å². The molecule has 0 spiro atoms. The Bertz CT molecular complexity index is 684. The first-order valence-electron chi connectivity index (χ1n) is 7.33. The summed E-state index contributed by atoms with van der Waals surface area (Å²) in [5.41, 5.74) is -0.136. The number of halogens is 3. The van der Waals surface area contributed by atoms with Gasteiger partial charge in [-0.2, -0.15) is 13.2 Å². The van der Waals surface area contributed by atoms with Crippen LogP contribution in [0, 0.1) is 6.92 Å². The fraction of sp³-hybridized carbons (Fsp3) is 0.438. The van der Waals surface area contributed by atoms with Crippen LogP contribution >= 0.6 is 0 Å². The SMILES string of the molecule is Cc1cnc(CN2C[C@H](O)C[C@H]2c2cccc(C(F)(F)F)c2)o1. The molecule has 2 heterocycles. The summed E-state index contributed by atoms with van der Waals surface area (Å²) in [5.74, 6) is 1.17. The zero-order valence-electron chi connectivity index (χ0n) is 12.5. The Kier molecular flexibility index (Phi) is 4.16. The van der Waals surface area contributed by atoms with Gasteiger partial charge >= 0.3 is 6.18 Å². The molecule has 7 heteroatoms. The first-order valence-corrected chi connectivity index (χ1v) is 7.33. The number of aromatic nitrogens is 1. The maximum atomic E-state index is 12.9. The molecular formula is C16H17F3N2O2. The second-order valence-electron chi connectivity index (χ2n) is 5.82. The molecule has 1 aromatic carbocycles. The number of alkyl halides is 3. The predicted molar refractivity (Wildman–Crippen MR) is 76.5 cm³/mol. The Balaban J connectivity index is 1.84. The van der Waals surface area contributed by atoms with E-state index in [4.69, 9.17) is 4.42 Å². The van der Waals surface area contributed by atoms with Crippen molar-refractivity contribution in [1.82, 2.24) is 9.88 Å². The molecule has 23 heavy (non-hydrogen) atoms. The van der Waals surface area contributed by atoms with Gasteiger partial charge in [0.15, 0.2) is 0 Å². The van der Waals surface area contributed by atoms with E-state index in [1.54, 1.807) is 19.2 Å². The second-order valence-corrected chi connectivity index (χ2v) is 5.82. The number of rotatable bonds is 3. The van der Waals surface area contributed by atoms with Crippen molar-refractivity contribution in [3.05, 3.63) is 53.2 Å². The van der Waals surface area contributed by atoms with Crippen LogP contribution < -0.4 is 0 Å². The molecule has 1 aliphatic heterocycles. The van der Waals surface area contributed by atoms with Crippen molar-refractivity contribution in [1.29, 1.82) is 0 Å². The molecule has 124 valence electrons. The van der Waals surface area contributed by atoms with E-state index in [1.807, 2.05) is 4.90 Å². The molecule has 0 amide bonds. The van der Waals surface area contributed by atoms with Crippen LogP contribution in [0.5, 0.6) is 0 Å². The lowest BCUT2D eigenvalue weighted by atomic mass is 10.0. The molecule has 1 aromatic heterocycles. The van der Waals surface area contributed by atoms with Gasteiger partial charge in [0, 0.05) is 12.6 Å². The van der Waals surface area contributed by atoms with E-state index in [0.717, 1.165) is 12.1 Å². The minimum Gasteiger partial charge on any atom is -0.445 e. The highest BCUT2D eigenvalue weighted by atomic mass is 19.4. The van der Waals surface area contributed by atoms with Gasteiger partial charge in [-0.25, -0.2) is 4.98 Å². The molecule has 0 unspecified atom stereocenters. The number of aryl methyl sites for hydroxylation is 1. The monoisotopic (exact) mass is 326 g/mol. The maximum absolute atomic E-state index is 12.9. The van der Waals surface area contributed by atoms with E-state index in [0.29, 0.717) is 36.7 Å². The van der Waals surface area contributed by atoms with E-state index < -0.39 is 17.8 Å². The standard InChI is InChI=1S/C16H17F3N2O2/c1-10-7-20-15(23-10)9-21-8-13(22)6-14(21)11-3-2-4-12(5-11)16(17,18)19/h2-5,7,13-14,22H,6,8-9H2,1H3/t13-,14+/m1/s1. The van der Waals surface area contributed by atoms with E-state index in [-0.39, 0.29) is 6.04 Å². The molecule has 1 aliphatic rings. The van der Waals surface area contributed by atoms with Gasteiger partial charge in [-0.1, -0.05) is 12.1 Å². The van der Waals surface area contributed by atoms with Gasteiger partial charge in [-0.15, -0.1) is 0 Å². The lowest BCUT2D eigenvalue weighted by Crippen LogP contribution is -2.24. The first kappa shape index (κ1) is 16.0. The summed E-state index contributed by atoms with van der Waals surface area (Å²) in [7, 11) is 0. The number of hydrogen-bond acceptors (Lipinski definition) is 4. The number of aliphatic hydroxyl groups is 1. The summed E-state index contributed by atoms with van der Waals surface area (Å²) in [6.07, 6.45) is -2.97. The molecule has 0 bridgehead atoms. The molecular weight excluding hydrogens is 309 g/mol. The maximum Gasteiger partial charge on any atom is 0.416 e. The average Bonchev–Trinajstić information content (AvgIpc) is 3.04. The van der Waals surface area contributed by atoms with Gasteiger partial charge in [-0.05, 0) is 31.0 Å². The Labute approximate surface area is 131 Å². The Morgan fingerprint density at radius 3 is 2.83 bits per heavy atom. The lowest BCUT2D eigenvalue weighted by molar-refractivity contribution is -0.137. The fourth-order valence-corrected chi connectivity index (χ4v) is 2.97. The second kappa shape index (κ2) is 5.98. The van der Waals surface area contributed by atoms with Gasteiger partial charge in [0.05, 0.1) is 24.4 Å². The first-order chi connectivity index (χ1) is 10.8. The molecule has 2 aromatic rings. The van der Waals surface area contributed by atoms with Crippen LogP contribution in [0.4, 0.5) is 13.2 Å². The molecule has 1 fully saturated rings. The average molecular weight is 326 g/mol. The van der Waals surface area contributed by atoms with Crippen LogP contribution in [-0.2, 0) is 12.7 Å². The highest BCUT2D eigenvalue weighted by Crippen LogP contribution is 2.36. The number of nitrogens with zero attached hydrogens (tertiary/aromatic N) is 2. The van der Waals surface area contributed by atoms with Crippen molar-refractivity contribution in [2.24, 2.45) is 0 Å². The van der Waals surface area contributed by atoms with Crippen molar-refractivity contribution >= 4 is 0 Å². The van der Waals surface area contributed by atoms with E-state index in [9.17, 15) is 18.3 Å². The minimum atomic E-state index is -4.38. The van der Waals surface area contributed by atoms with Gasteiger partial charge in [-0.3, -0.25) is 4.90 Å². The van der Waals surface area contributed by atoms with Crippen LogP contribution in [0.15, 0.2) is 34.9 Å². The van der Waals surface area contributed by atoms with Gasteiger partial charge in [0.25, 0.3) is 0 Å². The number of benzene rings is 1. The third-order valence-corrected chi connectivity index (χ3v) is 3.99. The van der Waals surface area contributed by atoms with Crippen LogP contribution in [-0.4, -0.2) is 27.6 Å². The number of β-amino-alcohol motifs (C(OH)–C–C–N with tert-alkyl or cyclic N) is 1. The van der Waals surface area contributed by atoms with Crippen molar-refractivity contribution in [2.75, 3.05) is 6.54 Å². The smallest absolute Gasteiger partial charge is 0.416 e. The topological polar surface area (TPSA) is 49.5 Å². The van der Waals surface area contributed by atoms with E-state index in [1.165, 1.54) is 6.07 Å². The fourth-order valence-electron chi connectivity index (χ4n) is 2.97. The third kappa shape index (κ3) is 3.56. The van der Waals surface area contributed by atoms with Crippen molar-refractivity contribution in [3.63, 3.8) is 0 Å². The quantitative estimate of drug-likeness (QED) is 0.940. The normalized spacial score (nSPS) is 22.7. The number of aliphatic hydroxyl groups excluding tert-OH is 1. The lowest BCUT2D eigenvalue weighted by Gasteiger charge is -2.23. The molecule has 0 aliphatic carbocycles. The summed E-state index contributed by atoms with van der Waals surface area (Å²) in [6.45, 7) is 2.51. The molecule has 0 saturated carbocycles. The van der Waals surface area contributed by atoms with Crippen LogP contribution in [0.1, 0.15) is 35.2 Å². The largest absolute Gasteiger partial charge is 0.445 e. The highest BCUT2D eigenvalue weighted by molar-refractivity contribution is 5.29. The molecule has 1 saturated heterocycles. The number of hydrogen-bond donors (Lipinski definition) is 1. The van der Waals surface area contributed by atoms with Gasteiger partial charge in [0.1, 0.15) is 5.76 Å². The summed E-state index contributed by atoms with van der Waals surface area (Å²) < 4.78 is 44.1. The third-order valence-electron chi connectivity index (χ3n) is 3.99. The molecule has 0 radical (unpaired) electrons. The number of oxazole rings is 1. The zero-order valence-corrected chi connectivity index (χ0v) is 12.5. The summed E-state index contributed by atoms with van der Waals surface area (Å²) in [4.78, 5) is 6.01. The molecule has 3 rings (SSSR count). The molecule has 2 atom stereocenters. The molecule has 1 N–H and O–H groups in total. The Morgan fingerprint density at radius 1 is 1.39 bits per heavy atom. The van der Waals surface area contributed by atoms with Crippen molar-refractivity contribution in [3.8, 4) is 0 Å². The Morgan fingerprint density at radius 2 is 2.17 bits per heavy atom. The summed E-state index contributed by atoms with van der Waals surface area (Å²) in [5, 5.41) is 9.93. The van der Waals surface area contributed by atoms with Crippen LogP contribution in [0.2, 0.25) is 0 Å². The minimum absolute atomic E-state index is 0.292. The highest BCUT2D eigenvalue weighted by Gasteiger charge is 2.35. The Hall–Kier alpha value is -1.86. The van der Waals surface area contributed by atoms with E-state index in [2.05, 4.69) is 4.98 Å². The van der Waals surface area contributed by atoms with Crippen molar-refractivity contribution < 1.29 is 22.7 Å². The predicted octanol–water partition coefficient (Wildman–Crippen LogP) is 3.31. The number of likely N-dealkylation sites (tertiary alicyclic amines) is 1. The zero-order chi connectivity index (χ0) is 16.6. The van der Waals surface area contributed by atoms with Crippen LogP contribution in [0.3, 0.4) is 0 Å². The van der Waals surface area contributed by atoms with Crippen LogP contribution in [0.25, 0.3) is 0 Å². The van der Waals surface area contributed by atoms with Gasteiger partial charge < -0.3 is 9.52 Å². The van der Waals surface area contributed by atoms with E-state index >= 15 is 0 Å². The molecule has 4 nitrogen and oxygen atoms in total.